The molecular weight excluding hydrogens is 128 g/mol. The third kappa shape index (κ3) is 2.40. The quantitative estimate of drug-likeness (QED) is 0.609. The van der Waals surface area contributed by atoms with E-state index in [2.05, 4.69) is 0 Å². The SMILES string of the molecule is C/C=C(\OC)C(O)C(C)C. The van der Waals surface area contributed by atoms with Gasteiger partial charge in [0, 0.05) is 0 Å². The Bertz CT molecular complexity index is 116. The van der Waals surface area contributed by atoms with Gasteiger partial charge in [0.25, 0.3) is 0 Å². The van der Waals surface area contributed by atoms with Crippen molar-refractivity contribution in [2.45, 2.75) is 26.9 Å². The van der Waals surface area contributed by atoms with Crippen LogP contribution >= 0.6 is 0 Å². The molecule has 1 unspecified atom stereocenters. The van der Waals surface area contributed by atoms with Crippen molar-refractivity contribution in [1.29, 1.82) is 0 Å². The number of rotatable bonds is 3. The molecule has 60 valence electrons. The fourth-order valence-electron chi connectivity index (χ4n) is 0.738. The fourth-order valence-corrected chi connectivity index (χ4v) is 0.738. The van der Waals surface area contributed by atoms with E-state index in [0.29, 0.717) is 5.76 Å². The summed E-state index contributed by atoms with van der Waals surface area (Å²) in [5.41, 5.74) is 0. The summed E-state index contributed by atoms with van der Waals surface area (Å²) in [7, 11) is 1.57. The van der Waals surface area contributed by atoms with Gasteiger partial charge in [0.2, 0.25) is 0 Å². The highest BCUT2D eigenvalue weighted by Gasteiger charge is 2.13. The molecule has 0 bridgehead atoms. The van der Waals surface area contributed by atoms with E-state index in [-0.39, 0.29) is 5.92 Å². The first kappa shape index (κ1) is 9.50. The van der Waals surface area contributed by atoms with Crippen molar-refractivity contribution < 1.29 is 9.84 Å². The summed E-state index contributed by atoms with van der Waals surface area (Å²) in [6.45, 7) is 5.75. The molecule has 0 saturated carbocycles. The van der Waals surface area contributed by atoms with Crippen LogP contribution in [0.15, 0.2) is 11.8 Å². The van der Waals surface area contributed by atoms with Crippen LogP contribution in [-0.2, 0) is 4.74 Å². The van der Waals surface area contributed by atoms with E-state index in [4.69, 9.17) is 4.74 Å². The van der Waals surface area contributed by atoms with Crippen LogP contribution < -0.4 is 0 Å². The van der Waals surface area contributed by atoms with Crippen molar-refractivity contribution in [3.05, 3.63) is 11.8 Å². The average molecular weight is 144 g/mol. The second-order valence-corrected chi connectivity index (χ2v) is 2.58. The largest absolute Gasteiger partial charge is 0.499 e. The molecule has 1 N–H and O–H groups in total. The zero-order valence-corrected chi connectivity index (χ0v) is 7.09. The lowest BCUT2D eigenvalue weighted by molar-refractivity contribution is 0.0925. The number of aliphatic hydroxyl groups is 1. The predicted molar refractivity (Wildman–Crippen MR) is 41.6 cm³/mol. The molecule has 0 fully saturated rings. The van der Waals surface area contributed by atoms with Crippen LogP contribution in [0.1, 0.15) is 20.8 Å². The van der Waals surface area contributed by atoms with Gasteiger partial charge in [-0.2, -0.15) is 0 Å². The highest BCUT2D eigenvalue weighted by atomic mass is 16.5. The molecule has 0 aromatic carbocycles. The van der Waals surface area contributed by atoms with Crippen molar-refractivity contribution in [3.8, 4) is 0 Å². The Labute approximate surface area is 62.5 Å². The van der Waals surface area contributed by atoms with Crippen LogP contribution in [-0.4, -0.2) is 18.3 Å². The molecule has 0 rings (SSSR count). The maximum atomic E-state index is 9.39. The van der Waals surface area contributed by atoms with E-state index >= 15 is 0 Å². The third-order valence-electron chi connectivity index (χ3n) is 1.44. The molecule has 0 aliphatic heterocycles. The molecule has 1 atom stereocenters. The number of methoxy groups -OCH3 is 1. The minimum Gasteiger partial charge on any atom is -0.499 e. The molecule has 10 heavy (non-hydrogen) atoms. The summed E-state index contributed by atoms with van der Waals surface area (Å²) in [4.78, 5) is 0. The Morgan fingerprint density at radius 3 is 2.10 bits per heavy atom. The zero-order valence-electron chi connectivity index (χ0n) is 7.09. The molecule has 0 aromatic heterocycles. The molecule has 2 heteroatoms. The van der Waals surface area contributed by atoms with Crippen molar-refractivity contribution in [2.75, 3.05) is 7.11 Å². The molecule has 0 aliphatic carbocycles. The standard InChI is InChI=1S/C8H16O2/c1-5-7(10-4)8(9)6(2)3/h5-6,8-9H,1-4H3/b7-5-. The Morgan fingerprint density at radius 1 is 1.50 bits per heavy atom. The summed E-state index contributed by atoms with van der Waals surface area (Å²) >= 11 is 0. The topological polar surface area (TPSA) is 29.5 Å². The maximum Gasteiger partial charge on any atom is 0.120 e. The van der Waals surface area contributed by atoms with Gasteiger partial charge in [0.05, 0.1) is 7.11 Å². The Morgan fingerprint density at radius 2 is 2.00 bits per heavy atom. The van der Waals surface area contributed by atoms with Crippen LogP contribution in [0, 0.1) is 5.92 Å². The highest BCUT2D eigenvalue weighted by Crippen LogP contribution is 2.11. The van der Waals surface area contributed by atoms with Gasteiger partial charge < -0.3 is 9.84 Å². The Hall–Kier alpha value is -0.500. The summed E-state index contributed by atoms with van der Waals surface area (Å²) in [6, 6.07) is 0. The minimum atomic E-state index is -0.463. The van der Waals surface area contributed by atoms with Crippen LogP contribution in [0.3, 0.4) is 0 Å². The van der Waals surface area contributed by atoms with Crippen LogP contribution in [0.4, 0.5) is 0 Å². The van der Waals surface area contributed by atoms with Gasteiger partial charge in [0.1, 0.15) is 11.9 Å². The molecule has 2 nitrogen and oxygen atoms in total. The smallest absolute Gasteiger partial charge is 0.120 e. The Kier molecular flexibility index (Phi) is 4.12. The van der Waals surface area contributed by atoms with Crippen molar-refractivity contribution >= 4 is 0 Å². The number of hydrogen-bond acceptors (Lipinski definition) is 2. The second-order valence-electron chi connectivity index (χ2n) is 2.58. The van der Waals surface area contributed by atoms with Gasteiger partial charge in [-0.15, -0.1) is 0 Å². The van der Waals surface area contributed by atoms with Gasteiger partial charge in [-0.05, 0) is 18.9 Å². The lowest BCUT2D eigenvalue weighted by Crippen LogP contribution is -2.18. The van der Waals surface area contributed by atoms with E-state index < -0.39 is 6.10 Å². The summed E-state index contributed by atoms with van der Waals surface area (Å²) in [6.07, 6.45) is 1.32. The van der Waals surface area contributed by atoms with Crippen molar-refractivity contribution in [2.24, 2.45) is 5.92 Å². The molecule has 0 aromatic rings. The maximum absolute atomic E-state index is 9.39. The van der Waals surface area contributed by atoms with Gasteiger partial charge in [0.15, 0.2) is 0 Å². The lowest BCUT2D eigenvalue weighted by Gasteiger charge is -2.16. The van der Waals surface area contributed by atoms with Gasteiger partial charge in [-0.25, -0.2) is 0 Å². The van der Waals surface area contributed by atoms with Crippen LogP contribution in [0.25, 0.3) is 0 Å². The van der Waals surface area contributed by atoms with Crippen molar-refractivity contribution in [1.82, 2.24) is 0 Å². The number of ether oxygens (including phenoxy) is 1. The van der Waals surface area contributed by atoms with Gasteiger partial charge >= 0.3 is 0 Å². The second kappa shape index (κ2) is 4.34. The molecule has 0 saturated heterocycles. The molecular formula is C8H16O2. The zero-order chi connectivity index (χ0) is 8.15. The molecule has 0 aliphatic rings. The predicted octanol–water partition coefficient (Wildman–Crippen LogP) is 1.55. The first-order valence-corrected chi connectivity index (χ1v) is 3.51. The van der Waals surface area contributed by atoms with Crippen LogP contribution in [0.5, 0.6) is 0 Å². The third-order valence-corrected chi connectivity index (χ3v) is 1.44. The van der Waals surface area contributed by atoms with E-state index in [1.165, 1.54) is 0 Å². The summed E-state index contributed by atoms with van der Waals surface area (Å²) in [5, 5.41) is 9.39. The van der Waals surface area contributed by atoms with E-state index in [0.717, 1.165) is 0 Å². The van der Waals surface area contributed by atoms with E-state index in [1.54, 1.807) is 13.2 Å². The van der Waals surface area contributed by atoms with Gasteiger partial charge in [-0.3, -0.25) is 0 Å². The Balaban J connectivity index is 4.03. The fraction of sp³-hybridized carbons (Fsp3) is 0.750. The van der Waals surface area contributed by atoms with E-state index in [9.17, 15) is 5.11 Å². The van der Waals surface area contributed by atoms with Crippen molar-refractivity contribution in [3.63, 3.8) is 0 Å². The highest BCUT2D eigenvalue weighted by molar-refractivity contribution is 4.98. The average Bonchev–Trinajstić information content (AvgIpc) is 1.90. The molecule has 0 radical (unpaired) electrons. The monoisotopic (exact) mass is 144 g/mol. The first-order valence-electron chi connectivity index (χ1n) is 3.51. The first-order chi connectivity index (χ1) is 4.63. The normalized spacial score (nSPS) is 15.6. The number of hydrogen-bond donors (Lipinski definition) is 1. The lowest BCUT2D eigenvalue weighted by atomic mass is 10.1. The van der Waals surface area contributed by atoms with Gasteiger partial charge in [-0.1, -0.05) is 13.8 Å². The van der Waals surface area contributed by atoms with Crippen LogP contribution in [0.2, 0.25) is 0 Å². The molecule has 0 amide bonds. The summed E-state index contributed by atoms with van der Waals surface area (Å²) < 4.78 is 4.93. The minimum absolute atomic E-state index is 0.214. The molecule has 0 heterocycles. The molecule has 0 spiro atoms. The van der Waals surface area contributed by atoms with E-state index in [1.807, 2.05) is 20.8 Å². The number of allylic oxidation sites excluding steroid dienone is 1. The summed E-state index contributed by atoms with van der Waals surface area (Å²) in [5.74, 6) is 0.862. The number of aliphatic hydroxyl groups excluding tert-OH is 1.